The lowest BCUT2D eigenvalue weighted by molar-refractivity contribution is 0.331. The molecule has 2 heterocycles. The van der Waals surface area contributed by atoms with Crippen molar-refractivity contribution in [3.63, 3.8) is 0 Å². The zero-order valence-electron chi connectivity index (χ0n) is 18.7. The fourth-order valence-electron chi connectivity index (χ4n) is 3.37. The molecule has 1 aliphatic rings. The molecular weight excluding hydrogens is 505 g/mol. The van der Waals surface area contributed by atoms with Crippen LogP contribution in [0.2, 0.25) is 0 Å². The summed E-state index contributed by atoms with van der Waals surface area (Å²) in [6.07, 6.45) is 2.68. The molecule has 3 rings (SSSR count). The maximum absolute atomic E-state index is 4.75. The molecule has 1 aromatic heterocycles. The van der Waals surface area contributed by atoms with Crippen LogP contribution in [-0.2, 0) is 25.0 Å². The van der Waals surface area contributed by atoms with Crippen molar-refractivity contribution in [2.45, 2.75) is 65.6 Å². The lowest BCUT2D eigenvalue weighted by Gasteiger charge is -2.14. The second kappa shape index (κ2) is 12.0. The van der Waals surface area contributed by atoms with Crippen LogP contribution in [-0.4, -0.2) is 35.5 Å². The van der Waals surface area contributed by atoms with Crippen molar-refractivity contribution in [2.75, 3.05) is 19.6 Å². The van der Waals surface area contributed by atoms with E-state index in [0.29, 0.717) is 13.1 Å². The third-order valence-electron chi connectivity index (χ3n) is 5.02. The van der Waals surface area contributed by atoms with Crippen LogP contribution in [0.15, 0.2) is 34.6 Å². The summed E-state index contributed by atoms with van der Waals surface area (Å²) >= 11 is 1.73. The molecule has 1 fully saturated rings. The average Bonchev–Trinajstić information content (AvgIpc) is 3.37. The summed E-state index contributed by atoms with van der Waals surface area (Å²) in [5, 5.41) is 10.0. The first-order valence-electron chi connectivity index (χ1n) is 10.7. The number of guanidine groups is 1. The summed E-state index contributed by atoms with van der Waals surface area (Å²) in [5.74, 6) is 0.832. The first-order chi connectivity index (χ1) is 13.9. The van der Waals surface area contributed by atoms with Crippen LogP contribution in [0.3, 0.4) is 0 Å². The molecule has 2 N–H and O–H groups in total. The minimum Gasteiger partial charge on any atom is -0.357 e. The maximum atomic E-state index is 4.75. The van der Waals surface area contributed by atoms with Crippen molar-refractivity contribution < 1.29 is 0 Å². The smallest absolute Gasteiger partial charge is 0.191 e. The average molecular weight is 542 g/mol. The molecule has 0 aliphatic carbocycles. The van der Waals surface area contributed by atoms with Crippen molar-refractivity contribution in [1.29, 1.82) is 0 Å². The highest BCUT2D eigenvalue weighted by Gasteiger charge is 2.18. The molecule has 1 aliphatic heterocycles. The molecule has 30 heavy (non-hydrogen) atoms. The predicted molar refractivity (Wildman–Crippen MR) is 139 cm³/mol. The van der Waals surface area contributed by atoms with E-state index >= 15 is 0 Å². The van der Waals surface area contributed by atoms with Crippen LogP contribution in [0.4, 0.5) is 0 Å². The van der Waals surface area contributed by atoms with Crippen LogP contribution in [0.5, 0.6) is 0 Å². The number of hydrogen-bond acceptors (Lipinski definition) is 4. The van der Waals surface area contributed by atoms with Crippen LogP contribution in [0.1, 0.15) is 62.4 Å². The lowest BCUT2D eigenvalue weighted by atomic mass is 9.98. The number of halogens is 1. The number of benzene rings is 1. The van der Waals surface area contributed by atoms with Crippen molar-refractivity contribution >= 4 is 41.3 Å². The zero-order chi connectivity index (χ0) is 20.7. The van der Waals surface area contributed by atoms with Gasteiger partial charge in [-0.25, -0.2) is 9.98 Å². The second-order valence-corrected chi connectivity index (χ2v) is 9.60. The van der Waals surface area contributed by atoms with E-state index in [-0.39, 0.29) is 29.4 Å². The minimum atomic E-state index is 0. The fourth-order valence-corrected chi connectivity index (χ4v) is 4.28. The van der Waals surface area contributed by atoms with Crippen molar-refractivity contribution in [1.82, 2.24) is 20.5 Å². The van der Waals surface area contributed by atoms with Gasteiger partial charge in [0, 0.05) is 23.9 Å². The highest BCUT2D eigenvalue weighted by molar-refractivity contribution is 14.0. The lowest BCUT2D eigenvalue weighted by Crippen LogP contribution is -2.36. The van der Waals surface area contributed by atoms with E-state index in [4.69, 9.17) is 9.98 Å². The molecule has 166 valence electrons. The zero-order valence-corrected chi connectivity index (χ0v) is 21.8. The molecular formula is C23H36IN5S. The molecule has 0 atom stereocenters. The second-order valence-electron chi connectivity index (χ2n) is 8.74. The first-order valence-corrected chi connectivity index (χ1v) is 11.6. The number of nitrogens with zero attached hydrogens (tertiary/aromatic N) is 3. The number of rotatable bonds is 7. The highest BCUT2D eigenvalue weighted by Crippen LogP contribution is 2.25. The van der Waals surface area contributed by atoms with Crippen LogP contribution in [0.25, 0.3) is 0 Å². The topological polar surface area (TPSA) is 52.6 Å². The number of aliphatic imine (C=N–C) groups is 1. The Morgan fingerprint density at radius 1 is 1.10 bits per heavy atom. The summed E-state index contributed by atoms with van der Waals surface area (Å²) in [7, 11) is 0. The summed E-state index contributed by atoms with van der Waals surface area (Å²) in [6.45, 7) is 14.4. The van der Waals surface area contributed by atoms with E-state index in [1.54, 1.807) is 11.3 Å². The van der Waals surface area contributed by atoms with Gasteiger partial charge in [0.1, 0.15) is 0 Å². The Morgan fingerprint density at radius 2 is 1.77 bits per heavy atom. The van der Waals surface area contributed by atoms with Crippen molar-refractivity contribution in [3.8, 4) is 0 Å². The van der Waals surface area contributed by atoms with Gasteiger partial charge in [-0.1, -0.05) is 45.0 Å². The van der Waals surface area contributed by atoms with Gasteiger partial charge in [0.15, 0.2) is 5.96 Å². The Labute approximate surface area is 202 Å². The SMILES string of the molecule is CCNC(=NCc1ccc(CN2CCCC2)cc1)NCc1csc(C(C)(C)C)n1.I. The third kappa shape index (κ3) is 7.81. The Bertz CT molecular complexity index is 789. The Kier molecular flexibility index (Phi) is 10.0. The Hall–Kier alpha value is -1.19. The quantitative estimate of drug-likeness (QED) is 0.297. The molecule has 1 saturated heterocycles. The fraction of sp³-hybridized carbons (Fsp3) is 0.565. The van der Waals surface area contributed by atoms with Gasteiger partial charge in [0.2, 0.25) is 0 Å². The first kappa shape index (κ1) is 25.1. The molecule has 0 radical (unpaired) electrons. The molecule has 1 aromatic carbocycles. The van der Waals surface area contributed by atoms with Crippen LogP contribution >= 0.6 is 35.3 Å². The summed E-state index contributed by atoms with van der Waals surface area (Å²) in [4.78, 5) is 12.0. The number of aromatic nitrogens is 1. The van der Waals surface area contributed by atoms with Gasteiger partial charge >= 0.3 is 0 Å². The Balaban J connectivity index is 0.00000320. The molecule has 7 heteroatoms. The molecule has 0 saturated carbocycles. The molecule has 2 aromatic rings. The van der Waals surface area contributed by atoms with Crippen LogP contribution < -0.4 is 10.6 Å². The molecule has 0 unspecified atom stereocenters. The standard InChI is InChI=1S/C23H35N5S.HI/c1-5-24-22(26-15-20-17-29-21(27-20)23(2,3)4)25-14-18-8-10-19(11-9-18)16-28-12-6-7-13-28;/h8-11,17H,5-7,12-16H2,1-4H3,(H2,24,25,26);1H. The molecule has 0 bridgehead atoms. The Morgan fingerprint density at radius 3 is 2.37 bits per heavy atom. The van der Waals surface area contributed by atoms with Crippen LogP contribution in [0, 0.1) is 0 Å². The summed E-state index contributed by atoms with van der Waals surface area (Å²) < 4.78 is 0. The van der Waals surface area contributed by atoms with Crippen molar-refractivity contribution in [2.24, 2.45) is 4.99 Å². The van der Waals surface area contributed by atoms with E-state index in [1.165, 1.54) is 42.1 Å². The number of hydrogen-bond donors (Lipinski definition) is 2. The monoisotopic (exact) mass is 541 g/mol. The highest BCUT2D eigenvalue weighted by atomic mass is 127. The van der Waals surface area contributed by atoms with Gasteiger partial charge in [-0.15, -0.1) is 35.3 Å². The van der Waals surface area contributed by atoms with E-state index < -0.39 is 0 Å². The van der Waals surface area contributed by atoms with Gasteiger partial charge < -0.3 is 10.6 Å². The van der Waals surface area contributed by atoms with E-state index in [9.17, 15) is 0 Å². The predicted octanol–water partition coefficient (Wildman–Crippen LogP) is 4.91. The molecule has 5 nitrogen and oxygen atoms in total. The van der Waals surface area contributed by atoms with Crippen molar-refractivity contribution in [3.05, 3.63) is 51.5 Å². The van der Waals surface area contributed by atoms with Gasteiger partial charge in [-0.2, -0.15) is 0 Å². The molecule has 0 spiro atoms. The molecule has 0 amide bonds. The maximum Gasteiger partial charge on any atom is 0.191 e. The number of thiazole rings is 1. The number of nitrogens with one attached hydrogen (secondary N) is 2. The van der Waals surface area contributed by atoms with E-state index in [1.807, 2.05) is 0 Å². The minimum absolute atomic E-state index is 0. The van der Waals surface area contributed by atoms with E-state index in [2.05, 4.69) is 72.9 Å². The summed E-state index contributed by atoms with van der Waals surface area (Å²) in [6, 6.07) is 8.89. The largest absolute Gasteiger partial charge is 0.357 e. The van der Waals surface area contributed by atoms with Gasteiger partial charge in [-0.05, 0) is 44.0 Å². The normalized spacial score (nSPS) is 15.1. The van der Waals surface area contributed by atoms with Gasteiger partial charge in [0.25, 0.3) is 0 Å². The van der Waals surface area contributed by atoms with Gasteiger partial charge in [0.05, 0.1) is 23.8 Å². The number of likely N-dealkylation sites (tertiary alicyclic amines) is 1. The van der Waals surface area contributed by atoms with Gasteiger partial charge in [-0.3, -0.25) is 4.90 Å². The third-order valence-corrected chi connectivity index (χ3v) is 6.34. The van der Waals surface area contributed by atoms with E-state index in [0.717, 1.165) is 24.7 Å². The summed E-state index contributed by atoms with van der Waals surface area (Å²) in [5.41, 5.74) is 3.79.